The van der Waals surface area contributed by atoms with E-state index in [-0.39, 0.29) is 11.9 Å². The van der Waals surface area contributed by atoms with Crippen LogP contribution in [0.15, 0.2) is 24.5 Å². The summed E-state index contributed by atoms with van der Waals surface area (Å²) in [6.07, 6.45) is 5.60. The zero-order valence-electron chi connectivity index (χ0n) is 13.6. The molecule has 23 heavy (non-hydrogen) atoms. The number of aromatic nitrogens is 1. The number of pyridine rings is 1. The Labute approximate surface area is 137 Å². The van der Waals surface area contributed by atoms with Crippen LogP contribution < -0.4 is 5.32 Å². The first-order chi connectivity index (χ1) is 11.3. The van der Waals surface area contributed by atoms with E-state index in [2.05, 4.69) is 15.2 Å². The maximum absolute atomic E-state index is 12.6. The van der Waals surface area contributed by atoms with Gasteiger partial charge in [-0.15, -0.1) is 0 Å². The lowest BCUT2D eigenvalue weighted by molar-refractivity contribution is -0.136. The topological polar surface area (TPSA) is 57.7 Å². The van der Waals surface area contributed by atoms with E-state index in [4.69, 9.17) is 4.74 Å². The first kappa shape index (κ1) is 16.4. The molecular weight excluding hydrogens is 292 g/mol. The van der Waals surface area contributed by atoms with Crippen LogP contribution in [0.1, 0.15) is 18.4 Å². The summed E-state index contributed by atoms with van der Waals surface area (Å²) in [5.41, 5.74) is 1.12. The highest BCUT2D eigenvalue weighted by Gasteiger charge is 2.28. The second-order valence-electron chi connectivity index (χ2n) is 6.22. The number of ether oxygens (including phenoxy) is 1. The van der Waals surface area contributed by atoms with Crippen molar-refractivity contribution in [2.45, 2.75) is 25.4 Å². The Morgan fingerprint density at radius 2 is 2.13 bits per heavy atom. The molecule has 0 bridgehead atoms. The minimum Gasteiger partial charge on any atom is -0.379 e. The highest BCUT2D eigenvalue weighted by molar-refractivity contribution is 5.82. The summed E-state index contributed by atoms with van der Waals surface area (Å²) in [7, 11) is 0. The van der Waals surface area contributed by atoms with Gasteiger partial charge in [0.2, 0.25) is 5.91 Å². The molecule has 6 heteroatoms. The first-order valence-corrected chi connectivity index (χ1v) is 8.54. The van der Waals surface area contributed by atoms with Gasteiger partial charge in [0.05, 0.1) is 19.3 Å². The number of piperidine rings is 1. The molecular formula is C17H26N4O2. The summed E-state index contributed by atoms with van der Waals surface area (Å²) in [4.78, 5) is 21.1. The van der Waals surface area contributed by atoms with Gasteiger partial charge >= 0.3 is 0 Å². The molecule has 2 fully saturated rings. The van der Waals surface area contributed by atoms with Gasteiger partial charge in [0.1, 0.15) is 0 Å². The van der Waals surface area contributed by atoms with Crippen molar-refractivity contribution in [3.8, 4) is 0 Å². The lowest BCUT2D eigenvalue weighted by Crippen LogP contribution is -2.52. The van der Waals surface area contributed by atoms with Crippen molar-refractivity contribution in [3.63, 3.8) is 0 Å². The molecule has 0 saturated carbocycles. The monoisotopic (exact) mass is 318 g/mol. The Morgan fingerprint density at radius 1 is 1.26 bits per heavy atom. The number of nitrogens with one attached hydrogen (secondary N) is 1. The van der Waals surface area contributed by atoms with Crippen molar-refractivity contribution >= 4 is 5.91 Å². The summed E-state index contributed by atoms with van der Waals surface area (Å²) in [5.74, 6) is 0.244. The van der Waals surface area contributed by atoms with Crippen LogP contribution in [0.25, 0.3) is 0 Å². The summed E-state index contributed by atoms with van der Waals surface area (Å²) in [6, 6.07) is 3.89. The van der Waals surface area contributed by atoms with Gasteiger partial charge in [-0.2, -0.15) is 0 Å². The molecule has 0 unspecified atom stereocenters. The molecule has 0 spiro atoms. The normalized spacial score (nSPS) is 23.2. The Balaban J connectivity index is 1.45. The number of nitrogens with zero attached hydrogens (tertiary/aromatic N) is 3. The molecule has 1 aromatic rings. The van der Waals surface area contributed by atoms with Gasteiger partial charge in [-0.3, -0.25) is 14.7 Å². The average molecular weight is 318 g/mol. The third-order valence-corrected chi connectivity index (χ3v) is 4.60. The van der Waals surface area contributed by atoms with E-state index in [1.165, 1.54) is 0 Å². The number of likely N-dealkylation sites (tertiary alicyclic amines) is 1. The van der Waals surface area contributed by atoms with Gasteiger partial charge in [0.15, 0.2) is 0 Å². The lowest BCUT2D eigenvalue weighted by atomic mass is 10.0. The fourth-order valence-electron chi connectivity index (χ4n) is 3.18. The minimum absolute atomic E-state index is 0.0614. The Kier molecular flexibility index (Phi) is 5.96. The zero-order chi connectivity index (χ0) is 15.9. The third kappa shape index (κ3) is 4.73. The third-order valence-electron chi connectivity index (χ3n) is 4.60. The number of hydrogen-bond donors (Lipinski definition) is 1. The van der Waals surface area contributed by atoms with Crippen molar-refractivity contribution in [3.05, 3.63) is 30.1 Å². The van der Waals surface area contributed by atoms with Crippen LogP contribution in [0.5, 0.6) is 0 Å². The van der Waals surface area contributed by atoms with E-state index in [0.717, 1.165) is 64.3 Å². The maximum atomic E-state index is 12.6. The fourth-order valence-corrected chi connectivity index (χ4v) is 3.18. The Bertz CT molecular complexity index is 491. The van der Waals surface area contributed by atoms with Crippen LogP contribution in [-0.4, -0.2) is 72.7 Å². The number of amides is 1. The van der Waals surface area contributed by atoms with Crippen LogP contribution in [0.2, 0.25) is 0 Å². The molecule has 1 N–H and O–H groups in total. The van der Waals surface area contributed by atoms with Gasteiger partial charge in [-0.05, 0) is 24.5 Å². The summed E-state index contributed by atoms with van der Waals surface area (Å²) in [6.45, 7) is 6.92. The number of hydrogen-bond acceptors (Lipinski definition) is 5. The molecule has 3 rings (SSSR count). The molecule has 1 atom stereocenters. The Hall–Kier alpha value is -1.50. The van der Waals surface area contributed by atoms with Crippen LogP contribution in [0.3, 0.4) is 0 Å². The molecule has 3 heterocycles. The van der Waals surface area contributed by atoms with Crippen molar-refractivity contribution in [2.24, 2.45) is 0 Å². The highest BCUT2D eigenvalue weighted by atomic mass is 16.5. The molecule has 1 aromatic heterocycles. The van der Waals surface area contributed by atoms with Crippen molar-refractivity contribution in [1.82, 2.24) is 20.1 Å². The number of carbonyl (C=O) groups excluding carboxylic acids is 1. The largest absolute Gasteiger partial charge is 0.379 e. The summed E-state index contributed by atoms with van der Waals surface area (Å²) in [5, 5.41) is 3.39. The molecule has 0 radical (unpaired) electrons. The smallest absolute Gasteiger partial charge is 0.239 e. The molecule has 6 nitrogen and oxygen atoms in total. The van der Waals surface area contributed by atoms with Crippen molar-refractivity contribution in [1.29, 1.82) is 0 Å². The highest BCUT2D eigenvalue weighted by Crippen LogP contribution is 2.13. The molecule has 126 valence electrons. The molecule has 0 aliphatic carbocycles. The maximum Gasteiger partial charge on any atom is 0.239 e. The Morgan fingerprint density at radius 3 is 2.91 bits per heavy atom. The van der Waals surface area contributed by atoms with Crippen LogP contribution in [0.4, 0.5) is 0 Å². The molecule has 2 aliphatic heterocycles. The van der Waals surface area contributed by atoms with Crippen molar-refractivity contribution < 1.29 is 9.53 Å². The van der Waals surface area contributed by atoms with Crippen LogP contribution >= 0.6 is 0 Å². The quantitative estimate of drug-likeness (QED) is 0.827. The summed E-state index contributed by atoms with van der Waals surface area (Å²) >= 11 is 0. The standard InChI is InChI=1S/C17H26N4O2/c22-17-16(19-14-15-3-1-5-18-13-15)4-2-6-21(17)8-7-20-9-11-23-12-10-20/h1,3,5,13,16,19H,2,4,6-12,14H2/t16-/m0/s1. The van der Waals surface area contributed by atoms with Gasteiger partial charge in [0.25, 0.3) is 0 Å². The second-order valence-corrected chi connectivity index (χ2v) is 6.22. The van der Waals surface area contributed by atoms with E-state index < -0.39 is 0 Å². The van der Waals surface area contributed by atoms with E-state index in [9.17, 15) is 4.79 Å². The predicted octanol–water partition coefficient (Wildman–Crippen LogP) is 0.494. The lowest BCUT2D eigenvalue weighted by Gasteiger charge is -2.35. The molecule has 1 amide bonds. The van der Waals surface area contributed by atoms with Gasteiger partial charge in [-0.25, -0.2) is 0 Å². The fraction of sp³-hybridized carbons (Fsp3) is 0.647. The van der Waals surface area contributed by atoms with Crippen LogP contribution in [0, 0.1) is 0 Å². The molecule has 0 aromatic carbocycles. The van der Waals surface area contributed by atoms with E-state index >= 15 is 0 Å². The van der Waals surface area contributed by atoms with Crippen molar-refractivity contribution in [2.75, 3.05) is 45.9 Å². The average Bonchev–Trinajstić information content (AvgIpc) is 2.61. The summed E-state index contributed by atoms with van der Waals surface area (Å²) < 4.78 is 5.37. The van der Waals surface area contributed by atoms with E-state index in [1.807, 2.05) is 23.2 Å². The zero-order valence-corrected chi connectivity index (χ0v) is 13.6. The SMILES string of the molecule is O=C1[C@@H](NCc2cccnc2)CCCN1CCN1CCOCC1. The second kappa shape index (κ2) is 8.38. The number of rotatable bonds is 6. The minimum atomic E-state index is -0.0614. The van der Waals surface area contributed by atoms with E-state index in [1.54, 1.807) is 6.20 Å². The molecule has 2 saturated heterocycles. The number of morpholine rings is 1. The number of carbonyl (C=O) groups is 1. The first-order valence-electron chi connectivity index (χ1n) is 8.54. The van der Waals surface area contributed by atoms with Gasteiger partial charge in [-0.1, -0.05) is 6.07 Å². The predicted molar refractivity (Wildman–Crippen MR) is 87.9 cm³/mol. The van der Waals surface area contributed by atoms with Gasteiger partial charge < -0.3 is 15.0 Å². The van der Waals surface area contributed by atoms with E-state index in [0.29, 0.717) is 6.54 Å². The van der Waals surface area contributed by atoms with Gasteiger partial charge in [0, 0.05) is 51.7 Å². The molecule has 2 aliphatic rings. The van der Waals surface area contributed by atoms with Crippen LogP contribution in [-0.2, 0) is 16.1 Å².